The highest BCUT2D eigenvalue weighted by molar-refractivity contribution is 7.22. The van der Waals surface area contributed by atoms with Crippen LogP contribution in [0.1, 0.15) is 13.8 Å². The third-order valence-electron chi connectivity index (χ3n) is 3.05. The summed E-state index contributed by atoms with van der Waals surface area (Å²) in [7, 11) is 0. The van der Waals surface area contributed by atoms with Crippen LogP contribution in [0.3, 0.4) is 0 Å². The zero-order valence-electron chi connectivity index (χ0n) is 11.1. The predicted molar refractivity (Wildman–Crippen MR) is 80.1 cm³/mol. The van der Waals surface area contributed by atoms with Crippen molar-refractivity contribution in [1.82, 2.24) is 4.98 Å². The molecule has 2 aromatic rings. The van der Waals surface area contributed by atoms with Gasteiger partial charge in [0, 0.05) is 19.0 Å². The van der Waals surface area contributed by atoms with Crippen LogP contribution >= 0.6 is 11.3 Å². The first-order valence-corrected chi connectivity index (χ1v) is 7.05. The highest BCUT2D eigenvalue weighted by Crippen LogP contribution is 2.28. The number of aromatic nitrogens is 1. The molecule has 0 saturated heterocycles. The molecule has 5 nitrogen and oxygen atoms in total. The molecule has 19 heavy (non-hydrogen) atoms. The van der Waals surface area contributed by atoms with Crippen LogP contribution in [0.2, 0.25) is 0 Å². The summed E-state index contributed by atoms with van der Waals surface area (Å²) in [5.74, 6) is 0.233. The van der Waals surface area contributed by atoms with Crippen molar-refractivity contribution >= 4 is 32.5 Å². The van der Waals surface area contributed by atoms with E-state index in [0.717, 1.165) is 17.2 Å². The first kappa shape index (κ1) is 13.6. The molecule has 3 N–H and O–H groups in total. The van der Waals surface area contributed by atoms with Gasteiger partial charge in [-0.2, -0.15) is 0 Å². The molecule has 2 rings (SSSR count). The minimum Gasteiger partial charge on any atom is -0.409 e. The highest BCUT2D eigenvalue weighted by atomic mass is 32.1. The Hall–Kier alpha value is -1.82. The Balaban J connectivity index is 2.21. The van der Waals surface area contributed by atoms with E-state index in [4.69, 9.17) is 10.9 Å². The topological polar surface area (TPSA) is 74.7 Å². The van der Waals surface area contributed by atoms with Gasteiger partial charge in [0.25, 0.3) is 0 Å². The van der Waals surface area contributed by atoms with E-state index in [1.54, 1.807) is 11.3 Å². The van der Waals surface area contributed by atoms with Crippen LogP contribution in [0.5, 0.6) is 0 Å². The van der Waals surface area contributed by atoms with Crippen molar-refractivity contribution in [3.63, 3.8) is 0 Å². The second kappa shape index (κ2) is 5.88. The van der Waals surface area contributed by atoms with E-state index in [0.29, 0.717) is 6.54 Å². The van der Waals surface area contributed by atoms with E-state index in [9.17, 15) is 0 Å². The van der Waals surface area contributed by atoms with Crippen molar-refractivity contribution in [2.75, 3.05) is 18.0 Å². The van der Waals surface area contributed by atoms with Gasteiger partial charge in [-0.05, 0) is 19.1 Å². The summed E-state index contributed by atoms with van der Waals surface area (Å²) in [6, 6.07) is 8.08. The third kappa shape index (κ3) is 2.96. The smallest absolute Gasteiger partial charge is 0.186 e. The largest absolute Gasteiger partial charge is 0.409 e. The van der Waals surface area contributed by atoms with Crippen molar-refractivity contribution in [2.24, 2.45) is 16.8 Å². The lowest BCUT2D eigenvalue weighted by molar-refractivity contribution is 0.314. The number of hydrogen-bond donors (Lipinski definition) is 2. The highest BCUT2D eigenvalue weighted by Gasteiger charge is 2.16. The zero-order chi connectivity index (χ0) is 13.8. The molecule has 0 bridgehead atoms. The third-order valence-corrected chi connectivity index (χ3v) is 4.15. The lowest BCUT2D eigenvalue weighted by atomic mass is 10.1. The van der Waals surface area contributed by atoms with Gasteiger partial charge in [0.05, 0.1) is 10.2 Å². The number of oxime groups is 1. The van der Waals surface area contributed by atoms with Crippen molar-refractivity contribution in [3.8, 4) is 0 Å². The fourth-order valence-electron chi connectivity index (χ4n) is 1.86. The van der Waals surface area contributed by atoms with Crippen LogP contribution in [-0.2, 0) is 0 Å². The van der Waals surface area contributed by atoms with Crippen LogP contribution in [-0.4, -0.2) is 29.1 Å². The van der Waals surface area contributed by atoms with Crippen LogP contribution in [0, 0.1) is 5.92 Å². The lowest BCUT2D eigenvalue weighted by Gasteiger charge is -2.23. The van der Waals surface area contributed by atoms with Gasteiger partial charge >= 0.3 is 0 Å². The van der Waals surface area contributed by atoms with Crippen molar-refractivity contribution < 1.29 is 5.21 Å². The Labute approximate surface area is 116 Å². The van der Waals surface area contributed by atoms with Crippen LogP contribution in [0.4, 0.5) is 5.13 Å². The molecule has 0 aliphatic carbocycles. The zero-order valence-corrected chi connectivity index (χ0v) is 11.9. The molecule has 0 radical (unpaired) electrons. The summed E-state index contributed by atoms with van der Waals surface area (Å²) in [5.41, 5.74) is 6.64. The fourth-order valence-corrected chi connectivity index (χ4v) is 2.90. The van der Waals surface area contributed by atoms with Crippen molar-refractivity contribution in [1.29, 1.82) is 0 Å². The van der Waals surface area contributed by atoms with Gasteiger partial charge in [-0.1, -0.05) is 35.5 Å². The molecular weight excluding hydrogens is 260 g/mol. The Morgan fingerprint density at radius 2 is 2.26 bits per heavy atom. The Bertz CT molecular complexity index is 548. The van der Waals surface area contributed by atoms with Gasteiger partial charge < -0.3 is 15.8 Å². The van der Waals surface area contributed by atoms with Crippen LogP contribution in [0.25, 0.3) is 10.2 Å². The second-order valence-corrected chi connectivity index (χ2v) is 5.44. The summed E-state index contributed by atoms with van der Waals surface area (Å²) >= 11 is 1.66. The van der Waals surface area contributed by atoms with Crippen LogP contribution in [0.15, 0.2) is 29.4 Å². The Morgan fingerprint density at radius 1 is 1.53 bits per heavy atom. The molecule has 6 heteroatoms. The minimum atomic E-state index is -0.0167. The first-order chi connectivity index (χ1) is 9.15. The Morgan fingerprint density at radius 3 is 2.89 bits per heavy atom. The van der Waals surface area contributed by atoms with Gasteiger partial charge in [-0.3, -0.25) is 0 Å². The molecule has 1 aromatic carbocycles. The molecule has 1 atom stereocenters. The van der Waals surface area contributed by atoms with E-state index in [1.807, 2.05) is 25.1 Å². The van der Waals surface area contributed by atoms with E-state index in [2.05, 4.69) is 28.0 Å². The normalized spacial score (nSPS) is 13.7. The number of fused-ring (bicyclic) bond motifs is 1. The molecule has 102 valence electrons. The molecule has 0 aliphatic rings. The number of amidine groups is 1. The van der Waals surface area contributed by atoms with Gasteiger partial charge in [-0.15, -0.1) is 0 Å². The average Bonchev–Trinajstić information content (AvgIpc) is 2.87. The van der Waals surface area contributed by atoms with Crippen LogP contribution < -0.4 is 10.6 Å². The summed E-state index contributed by atoms with van der Waals surface area (Å²) < 4.78 is 1.17. The number of nitrogens with zero attached hydrogens (tertiary/aromatic N) is 3. The standard InChI is InChI=1S/C13H18N4OS/c1-3-17(8-9(2)12(14)16-18)13-15-10-6-4-5-7-11(10)19-13/h4-7,9,18H,3,8H2,1-2H3,(H2,14,16). The predicted octanol–water partition coefficient (Wildman–Crippen LogP) is 2.51. The summed E-state index contributed by atoms with van der Waals surface area (Å²) in [4.78, 5) is 6.77. The average molecular weight is 278 g/mol. The van der Waals surface area contributed by atoms with Gasteiger partial charge in [0.1, 0.15) is 5.84 Å². The summed E-state index contributed by atoms with van der Waals surface area (Å²) in [6.07, 6.45) is 0. The molecule has 1 heterocycles. The minimum absolute atomic E-state index is 0.0167. The summed E-state index contributed by atoms with van der Waals surface area (Å²) in [6.45, 7) is 5.53. The first-order valence-electron chi connectivity index (χ1n) is 6.23. The van der Waals surface area contributed by atoms with Crippen molar-refractivity contribution in [2.45, 2.75) is 13.8 Å². The molecule has 1 unspecified atom stereocenters. The van der Waals surface area contributed by atoms with Crippen molar-refractivity contribution in [3.05, 3.63) is 24.3 Å². The maximum atomic E-state index is 8.71. The summed E-state index contributed by atoms with van der Waals surface area (Å²) in [5, 5.41) is 12.7. The van der Waals surface area contributed by atoms with Gasteiger partial charge in [0.2, 0.25) is 0 Å². The number of benzene rings is 1. The fraction of sp³-hybridized carbons (Fsp3) is 0.385. The molecule has 0 aliphatic heterocycles. The number of nitrogens with two attached hydrogens (primary N) is 1. The number of para-hydroxylation sites is 1. The molecule has 0 amide bonds. The monoisotopic (exact) mass is 278 g/mol. The maximum Gasteiger partial charge on any atom is 0.186 e. The molecule has 0 saturated carbocycles. The van der Waals surface area contributed by atoms with Gasteiger partial charge in [-0.25, -0.2) is 4.98 Å². The molecule has 0 spiro atoms. The Kier molecular flexibility index (Phi) is 4.21. The van der Waals surface area contributed by atoms with E-state index in [-0.39, 0.29) is 11.8 Å². The molecule has 1 aromatic heterocycles. The van der Waals surface area contributed by atoms with E-state index >= 15 is 0 Å². The number of anilines is 1. The van der Waals surface area contributed by atoms with Gasteiger partial charge in [0.15, 0.2) is 5.13 Å². The second-order valence-electron chi connectivity index (χ2n) is 4.43. The lowest BCUT2D eigenvalue weighted by Crippen LogP contribution is -2.34. The molecule has 0 fully saturated rings. The quantitative estimate of drug-likeness (QED) is 0.381. The van der Waals surface area contributed by atoms with E-state index < -0.39 is 0 Å². The SMILES string of the molecule is CCN(CC(C)/C(N)=N/O)c1nc2ccccc2s1. The molecular formula is C13H18N4OS. The maximum absolute atomic E-state index is 8.71. The number of hydrogen-bond acceptors (Lipinski definition) is 5. The number of thiazole rings is 1. The van der Waals surface area contributed by atoms with E-state index in [1.165, 1.54) is 4.70 Å². The number of rotatable bonds is 5.